The summed E-state index contributed by atoms with van der Waals surface area (Å²) in [6.07, 6.45) is 5.43. The molecule has 3 heterocycles. The van der Waals surface area contributed by atoms with Crippen molar-refractivity contribution < 1.29 is 22.0 Å². The van der Waals surface area contributed by atoms with Crippen LogP contribution in [-0.4, -0.2) is 72.9 Å². The number of hydrogen-bond donors (Lipinski definition) is 2. The zero-order chi connectivity index (χ0) is 25.0. The molecule has 2 fully saturated rings. The van der Waals surface area contributed by atoms with Gasteiger partial charge in [-0.15, -0.1) is 0 Å². The van der Waals surface area contributed by atoms with Gasteiger partial charge >= 0.3 is 0 Å². The van der Waals surface area contributed by atoms with Crippen molar-refractivity contribution in [3.8, 4) is 0 Å². The summed E-state index contributed by atoms with van der Waals surface area (Å²) < 4.78 is 55.1. The van der Waals surface area contributed by atoms with E-state index in [9.17, 15) is 22.0 Å². The monoisotopic (exact) mass is 527 g/mol. The van der Waals surface area contributed by atoms with Crippen LogP contribution in [0, 0.1) is 11.6 Å². The van der Waals surface area contributed by atoms with E-state index < -0.39 is 33.0 Å². The molecule has 0 atom stereocenters. The summed E-state index contributed by atoms with van der Waals surface area (Å²) in [5.41, 5.74) is 5.21. The highest BCUT2D eigenvalue weighted by Gasteiger charge is 2.29. The van der Waals surface area contributed by atoms with Crippen LogP contribution in [0.15, 0.2) is 18.2 Å². The Labute approximate surface area is 208 Å². The van der Waals surface area contributed by atoms with E-state index in [0.717, 1.165) is 43.1 Å². The minimum atomic E-state index is -3.30. The number of nitrogens with zero attached hydrogens (tertiary/aromatic N) is 3. The molecular formula is C23H31F2N5O3S2. The van der Waals surface area contributed by atoms with E-state index in [-0.39, 0.29) is 22.5 Å². The van der Waals surface area contributed by atoms with Gasteiger partial charge in [0.2, 0.25) is 15.8 Å². The van der Waals surface area contributed by atoms with Crippen LogP contribution in [0.4, 0.5) is 19.7 Å². The number of piperidine rings is 2. The molecule has 2 saturated heterocycles. The Kier molecular flexibility index (Phi) is 8.35. The van der Waals surface area contributed by atoms with Crippen molar-refractivity contribution in [2.24, 2.45) is 0 Å². The molecule has 0 unspecified atom stereocenters. The van der Waals surface area contributed by atoms with Crippen molar-refractivity contribution in [1.82, 2.24) is 14.2 Å². The SMILES string of the molecule is Nc1nc(NC2CCN(S(=O)(=O)CCCN3CCCCC3)CC2)sc1C(=O)c1c(F)cccc1F. The van der Waals surface area contributed by atoms with E-state index in [2.05, 4.69) is 15.2 Å². The fraction of sp³-hybridized carbons (Fsp3) is 0.565. The van der Waals surface area contributed by atoms with Crippen LogP contribution in [0.5, 0.6) is 0 Å². The zero-order valence-corrected chi connectivity index (χ0v) is 21.1. The molecule has 8 nitrogen and oxygen atoms in total. The lowest BCUT2D eigenvalue weighted by molar-refractivity contribution is 0.103. The van der Waals surface area contributed by atoms with Gasteiger partial charge in [0.1, 0.15) is 22.3 Å². The lowest BCUT2D eigenvalue weighted by Gasteiger charge is -2.32. The minimum Gasteiger partial charge on any atom is -0.382 e. The summed E-state index contributed by atoms with van der Waals surface area (Å²) >= 11 is 0.938. The Morgan fingerprint density at radius 2 is 1.77 bits per heavy atom. The Balaban J connectivity index is 1.29. The summed E-state index contributed by atoms with van der Waals surface area (Å²) in [6.45, 7) is 3.73. The van der Waals surface area contributed by atoms with Crippen LogP contribution in [0.2, 0.25) is 0 Å². The Morgan fingerprint density at radius 1 is 1.11 bits per heavy atom. The number of ketones is 1. The van der Waals surface area contributed by atoms with E-state index in [0.29, 0.717) is 37.5 Å². The van der Waals surface area contributed by atoms with Gasteiger partial charge in [0.25, 0.3) is 0 Å². The summed E-state index contributed by atoms with van der Waals surface area (Å²) in [6, 6.07) is 3.17. The van der Waals surface area contributed by atoms with E-state index in [1.165, 1.54) is 25.3 Å². The summed E-state index contributed by atoms with van der Waals surface area (Å²) in [7, 11) is -3.30. The molecule has 2 aliphatic rings. The van der Waals surface area contributed by atoms with Gasteiger partial charge in [-0.05, 0) is 63.9 Å². The van der Waals surface area contributed by atoms with Gasteiger partial charge in [-0.25, -0.2) is 26.5 Å². The predicted molar refractivity (Wildman–Crippen MR) is 133 cm³/mol. The molecule has 2 aromatic rings. The second-order valence-corrected chi connectivity index (χ2v) is 12.1. The topological polar surface area (TPSA) is 109 Å². The summed E-state index contributed by atoms with van der Waals surface area (Å²) in [5, 5.41) is 3.56. The molecule has 0 spiro atoms. The maximum Gasteiger partial charge on any atom is 0.214 e. The fourth-order valence-electron chi connectivity index (χ4n) is 4.62. The first-order valence-corrected chi connectivity index (χ1v) is 14.4. The number of thiazole rings is 1. The maximum absolute atomic E-state index is 14.0. The molecule has 35 heavy (non-hydrogen) atoms. The van der Waals surface area contributed by atoms with E-state index in [4.69, 9.17) is 5.73 Å². The van der Waals surface area contributed by atoms with Crippen LogP contribution < -0.4 is 11.1 Å². The lowest BCUT2D eigenvalue weighted by atomic mass is 10.1. The third-order valence-corrected chi connectivity index (χ3v) is 9.51. The Hall–Kier alpha value is -2.15. The number of nitrogens with one attached hydrogen (secondary N) is 1. The number of likely N-dealkylation sites (tertiary alicyclic amines) is 1. The molecule has 0 radical (unpaired) electrons. The molecule has 12 heteroatoms. The zero-order valence-electron chi connectivity index (χ0n) is 19.5. The van der Waals surface area contributed by atoms with Crippen LogP contribution in [0.3, 0.4) is 0 Å². The molecule has 3 N–H and O–H groups in total. The lowest BCUT2D eigenvalue weighted by Crippen LogP contribution is -2.43. The number of carbonyl (C=O) groups is 1. The standard InChI is InChI=1S/C23H31F2N5O3S2/c24-17-6-4-7-18(25)19(17)20(31)21-22(26)28-23(34-21)27-16-8-13-30(14-9-16)35(32,33)15-5-12-29-10-2-1-3-11-29/h4,6-7,16H,1-3,5,8-15,26H2,(H,27,28). The molecule has 0 amide bonds. The number of sulfonamides is 1. The van der Waals surface area contributed by atoms with Crippen molar-refractivity contribution >= 4 is 38.1 Å². The third kappa shape index (κ3) is 6.35. The van der Waals surface area contributed by atoms with Crippen molar-refractivity contribution in [2.75, 3.05) is 49.5 Å². The number of benzene rings is 1. The molecule has 0 bridgehead atoms. The van der Waals surface area contributed by atoms with Crippen molar-refractivity contribution in [1.29, 1.82) is 0 Å². The highest BCUT2D eigenvalue weighted by atomic mass is 32.2. The normalized spacial score (nSPS) is 18.6. The average molecular weight is 528 g/mol. The number of rotatable bonds is 9. The molecule has 0 aliphatic carbocycles. The van der Waals surface area contributed by atoms with Gasteiger partial charge in [-0.2, -0.15) is 0 Å². The first-order valence-electron chi connectivity index (χ1n) is 12.0. The number of carbonyl (C=O) groups excluding carboxylic acids is 1. The Morgan fingerprint density at radius 3 is 2.43 bits per heavy atom. The molecule has 1 aromatic heterocycles. The van der Waals surface area contributed by atoms with Crippen LogP contribution >= 0.6 is 11.3 Å². The van der Waals surface area contributed by atoms with E-state index in [1.807, 2.05) is 0 Å². The first kappa shape index (κ1) is 25.9. The number of halogens is 2. The third-order valence-electron chi connectivity index (χ3n) is 6.55. The molecular weight excluding hydrogens is 496 g/mol. The maximum atomic E-state index is 14.0. The van der Waals surface area contributed by atoms with E-state index in [1.54, 1.807) is 4.31 Å². The largest absolute Gasteiger partial charge is 0.382 e. The molecule has 192 valence electrons. The van der Waals surface area contributed by atoms with Crippen LogP contribution in [0.1, 0.15) is 53.8 Å². The molecule has 2 aliphatic heterocycles. The second-order valence-electron chi connectivity index (χ2n) is 9.05. The fourth-order valence-corrected chi connectivity index (χ4v) is 7.05. The number of hydrogen-bond acceptors (Lipinski definition) is 8. The van der Waals surface area contributed by atoms with Crippen molar-refractivity contribution in [2.45, 2.75) is 44.6 Å². The first-order chi connectivity index (χ1) is 16.7. The van der Waals surface area contributed by atoms with Crippen molar-refractivity contribution in [3.63, 3.8) is 0 Å². The number of aromatic nitrogens is 1. The van der Waals surface area contributed by atoms with E-state index >= 15 is 0 Å². The van der Waals surface area contributed by atoms with Gasteiger partial charge in [0.15, 0.2) is 5.13 Å². The quantitative estimate of drug-likeness (QED) is 0.482. The van der Waals surface area contributed by atoms with Gasteiger partial charge in [-0.3, -0.25) is 4.79 Å². The summed E-state index contributed by atoms with van der Waals surface area (Å²) in [4.78, 5) is 19.1. The smallest absolute Gasteiger partial charge is 0.214 e. The van der Waals surface area contributed by atoms with Gasteiger partial charge in [0.05, 0.1) is 11.3 Å². The second kappa shape index (κ2) is 11.3. The van der Waals surface area contributed by atoms with Gasteiger partial charge in [-0.1, -0.05) is 23.8 Å². The van der Waals surface area contributed by atoms with Crippen LogP contribution in [0.25, 0.3) is 0 Å². The molecule has 1 aromatic carbocycles. The molecule has 0 saturated carbocycles. The molecule has 4 rings (SSSR count). The number of nitrogens with two attached hydrogens (primary N) is 1. The van der Waals surface area contributed by atoms with Gasteiger partial charge in [0, 0.05) is 19.1 Å². The number of nitrogen functional groups attached to an aromatic ring is 1. The Bertz CT molecular complexity index is 1120. The highest BCUT2D eigenvalue weighted by Crippen LogP contribution is 2.30. The van der Waals surface area contributed by atoms with Crippen molar-refractivity contribution in [3.05, 3.63) is 40.3 Å². The predicted octanol–water partition coefficient (Wildman–Crippen LogP) is 3.32. The van der Waals surface area contributed by atoms with Gasteiger partial charge < -0.3 is 16.0 Å². The average Bonchev–Trinajstić information content (AvgIpc) is 3.19. The highest BCUT2D eigenvalue weighted by molar-refractivity contribution is 7.89. The summed E-state index contributed by atoms with van der Waals surface area (Å²) in [5.74, 6) is -2.71. The minimum absolute atomic E-state index is 0.0368. The van der Waals surface area contributed by atoms with Crippen LogP contribution in [-0.2, 0) is 10.0 Å². The number of anilines is 2.